The maximum absolute atomic E-state index is 13.2. The van der Waals surface area contributed by atoms with Gasteiger partial charge < -0.3 is 5.73 Å². The minimum absolute atomic E-state index is 0.0123. The molecule has 0 unspecified atom stereocenters. The Morgan fingerprint density at radius 3 is 2.37 bits per heavy atom. The molecule has 0 aliphatic carbocycles. The maximum Gasteiger partial charge on any atom is 0.418 e. The first-order valence-corrected chi connectivity index (χ1v) is 5.44. The van der Waals surface area contributed by atoms with Crippen LogP contribution in [0.3, 0.4) is 0 Å². The highest BCUT2D eigenvalue weighted by Gasteiger charge is 2.35. The van der Waals surface area contributed by atoms with Crippen molar-refractivity contribution in [3.8, 4) is 11.3 Å². The summed E-state index contributed by atoms with van der Waals surface area (Å²) < 4.78 is 51.9. The molecule has 2 N–H and O–H groups in total. The largest absolute Gasteiger partial charge is 0.418 e. The van der Waals surface area contributed by atoms with Gasteiger partial charge in [-0.15, -0.1) is 0 Å². The van der Waals surface area contributed by atoms with E-state index >= 15 is 0 Å². The Morgan fingerprint density at radius 1 is 1.11 bits per heavy atom. The summed E-state index contributed by atoms with van der Waals surface area (Å²) in [7, 11) is 0. The maximum atomic E-state index is 13.2. The first kappa shape index (κ1) is 13.6. The van der Waals surface area contributed by atoms with E-state index in [-0.39, 0.29) is 16.3 Å². The smallest absolute Gasteiger partial charge is 0.397 e. The number of alkyl halides is 3. The van der Waals surface area contributed by atoms with E-state index in [1.54, 1.807) is 0 Å². The van der Waals surface area contributed by atoms with Gasteiger partial charge in [-0.3, -0.25) is 4.98 Å². The van der Waals surface area contributed by atoms with Crippen LogP contribution in [0.5, 0.6) is 0 Å². The van der Waals surface area contributed by atoms with Crippen molar-refractivity contribution in [1.29, 1.82) is 0 Å². The van der Waals surface area contributed by atoms with Crippen LogP contribution in [0, 0.1) is 5.82 Å². The van der Waals surface area contributed by atoms with Crippen molar-refractivity contribution >= 4 is 17.3 Å². The number of anilines is 1. The molecule has 0 spiro atoms. The third-order valence-electron chi connectivity index (χ3n) is 2.35. The lowest BCUT2D eigenvalue weighted by Crippen LogP contribution is -2.09. The molecule has 0 aliphatic rings. The van der Waals surface area contributed by atoms with Gasteiger partial charge in [0.1, 0.15) is 5.82 Å². The van der Waals surface area contributed by atoms with Crippen molar-refractivity contribution in [2.24, 2.45) is 0 Å². The van der Waals surface area contributed by atoms with Crippen LogP contribution in [-0.2, 0) is 6.18 Å². The SMILES string of the molecule is Nc1cnc(-c2cc(F)cc(Cl)c2)c(C(F)(F)F)c1. The van der Waals surface area contributed by atoms with Gasteiger partial charge in [0.2, 0.25) is 0 Å². The Hall–Kier alpha value is -1.82. The zero-order valence-electron chi connectivity index (χ0n) is 9.30. The fraction of sp³-hybridized carbons (Fsp3) is 0.0833. The van der Waals surface area contributed by atoms with Crippen LogP contribution >= 0.6 is 11.6 Å². The van der Waals surface area contributed by atoms with Gasteiger partial charge in [0.05, 0.1) is 23.1 Å². The standard InChI is InChI=1S/C12H7ClF4N2/c13-7-1-6(2-8(14)3-7)11-10(12(15,16)17)4-9(18)5-19-11/h1-5H,18H2. The van der Waals surface area contributed by atoms with Crippen molar-refractivity contribution < 1.29 is 17.6 Å². The molecular formula is C12H7ClF4N2. The molecule has 0 aliphatic heterocycles. The summed E-state index contributed by atoms with van der Waals surface area (Å²) in [6, 6.07) is 3.88. The molecule has 0 fully saturated rings. The van der Waals surface area contributed by atoms with E-state index in [2.05, 4.69) is 4.98 Å². The van der Waals surface area contributed by atoms with Crippen molar-refractivity contribution in [3.05, 3.63) is 46.9 Å². The lowest BCUT2D eigenvalue weighted by molar-refractivity contribution is -0.137. The van der Waals surface area contributed by atoms with E-state index in [4.69, 9.17) is 17.3 Å². The molecule has 0 saturated heterocycles. The number of halogens is 5. The molecule has 7 heteroatoms. The summed E-state index contributed by atoms with van der Waals surface area (Å²) in [5.74, 6) is -0.741. The predicted octanol–water partition coefficient (Wildman–Crippen LogP) is 4.14. The van der Waals surface area contributed by atoms with Gasteiger partial charge in [-0.1, -0.05) is 11.6 Å². The predicted molar refractivity (Wildman–Crippen MR) is 64.1 cm³/mol. The molecule has 1 aromatic heterocycles. The van der Waals surface area contributed by atoms with Crippen molar-refractivity contribution in [1.82, 2.24) is 4.98 Å². The first-order valence-electron chi connectivity index (χ1n) is 5.06. The Labute approximate surface area is 110 Å². The Morgan fingerprint density at radius 2 is 1.79 bits per heavy atom. The van der Waals surface area contributed by atoms with Crippen LogP contribution in [0.1, 0.15) is 5.56 Å². The second-order valence-electron chi connectivity index (χ2n) is 3.82. The second kappa shape index (κ2) is 4.70. The molecule has 2 aromatic rings. The van der Waals surface area contributed by atoms with E-state index in [9.17, 15) is 17.6 Å². The zero-order valence-corrected chi connectivity index (χ0v) is 10.1. The molecule has 1 aromatic carbocycles. The molecule has 0 amide bonds. The fourth-order valence-corrected chi connectivity index (χ4v) is 1.84. The average Bonchev–Trinajstić information content (AvgIpc) is 2.26. The van der Waals surface area contributed by atoms with E-state index in [1.165, 1.54) is 6.07 Å². The second-order valence-corrected chi connectivity index (χ2v) is 4.26. The highest BCUT2D eigenvalue weighted by Crippen LogP contribution is 2.37. The van der Waals surface area contributed by atoms with Gasteiger partial charge in [0, 0.05) is 10.6 Å². The van der Waals surface area contributed by atoms with Crippen LogP contribution < -0.4 is 5.73 Å². The fourth-order valence-electron chi connectivity index (χ4n) is 1.62. The summed E-state index contributed by atoms with van der Waals surface area (Å²) in [5.41, 5.74) is 3.67. The Balaban J connectivity index is 2.68. The molecule has 19 heavy (non-hydrogen) atoms. The summed E-state index contributed by atoms with van der Waals surface area (Å²) in [4.78, 5) is 3.63. The average molecular weight is 291 g/mol. The minimum Gasteiger partial charge on any atom is -0.397 e. The number of pyridine rings is 1. The lowest BCUT2D eigenvalue weighted by Gasteiger charge is -2.13. The van der Waals surface area contributed by atoms with Gasteiger partial charge in [0.15, 0.2) is 0 Å². The van der Waals surface area contributed by atoms with Crippen LogP contribution in [0.4, 0.5) is 23.2 Å². The van der Waals surface area contributed by atoms with Gasteiger partial charge in [0.25, 0.3) is 0 Å². The number of nitrogen functional groups attached to an aromatic ring is 1. The Kier molecular flexibility index (Phi) is 3.36. The lowest BCUT2D eigenvalue weighted by atomic mass is 10.0. The van der Waals surface area contributed by atoms with Crippen LogP contribution in [0.15, 0.2) is 30.5 Å². The van der Waals surface area contributed by atoms with Gasteiger partial charge in [-0.25, -0.2) is 4.39 Å². The molecule has 0 radical (unpaired) electrons. The molecule has 100 valence electrons. The van der Waals surface area contributed by atoms with Crippen LogP contribution in [0.2, 0.25) is 5.02 Å². The van der Waals surface area contributed by atoms with Crippen molar-refractivity contribution in [2.45, 2.75) is 6.18 Å². The first-order chi connectivity index (χ1) is 8.77. The van der Waals surface area contributed by atoms with Gasteiger partial charge in [-0.2, -0.15) is 13.2 Å². The van der Waals surface area contributed by atoms with E-state index in [1.807, 2.05) is 0 Å². The number of nitrogens with two attached hydrogens (primary N) is 1. The van der Waals surface area contributed by atoms with E-state index < -0.39 is 23.3 Å². The monoisotopic (exact) mass is 290 g/mol. The highest BCUT2D eigenvalue weighted by molar-refractivity contribution is 6.30. The summed E-state index contributed by atoms with van der Waals surface area (Å²) in [6.07, 6.45) is -3.57. The number of hydrogen-bond donors (Lipinski definition) is 1. The third-order valence-corrected chi connectivity index (χ3v) is 2.57. The quantitative estimate of drug-likeness (QED) is 0.802. The van der Waals surface area contributed by atoms with E-state index in [0.29, 0.717) is 0 Å². The highest BCUT2D eigenvalue weighted by atomic mass is 35.5. The van der Waals surface area contributed by atoms with E-state index in [0.717, 1.165) is 24.4 Å². The number of aromatic nitrogens is 1. The molecule has 0 saturated carbocycles. The minimum atomic E-state index is -4.64. The summed E-state index contributed by atoms with van der Waals surface area (Å²) >= 11 is 5.62. The van der Waals surface area contributed by atoms with Crippen LogP contribution in [-0.4, -0.2) is 4.98 Å². The van der Waals surface area contributed by atoms with Crippen molar-refractivity contribution in [3.63, 3.8) is 0 Å². The number of rotatable bonds is 1. The summed E-state index contributed by atoms with van der Waals surface area (Å²) in [5, 5.41) is -0.0123. The molecule has 1 heterocycles. The number of benzene rings is 1. The molecule has 0 atom stereocenters. The van der Waals surface area contributed by atoms with Gasteiger partial charge in [-0.05, 0) is 24.3 Å². The van der Waals surface area contributed by atoms with Crippen molar-refractivity contribution in [2.75, 3.05) is 5.73 Å². The third kappa shape index (κ3) is 2.96. The molecule has 0 bridgehead atoms. The van der Waals surface area contributed by atoms with Crippen LogP contribution in [0.25, 0.3) is 11.3 Å². The normalized spacial score (nSPS) is 11.6. The Bertz CT molecular complexity index is 605. The number of nitrogens with zero attached hydrogens (tertiary/aromatic N) is 1. The number of hydrogen-bond acceptors (Lipinski definition) is 2. The zero-order chi connectivity index (χ0) is 14.2. The molecular weight excluding hydrogens is 284 g/mol. The molecule has 2 nitrogen and oxygen atoms in total. The topological polar surface area (TPSA) is 38.9 Å². The molecule has 2 rings (SSSR count). The van der Waals surface area contributed by atoms with Gasteiger partial charge >= 0.3 is 6.18 Å². The summed E-state index contributed by atoms with van der Waals surface area (Å²) in [6.45, 7) is 0.